The Morgan fingerprint density at radius 3 is 2.70 bits per heavy atom. The van der Waals surface area contributed by atoms with Gasteiger partial charge in [-0.15, -0.1) is 6.58 Å². The molecule has 0 amide bonds. The highest BCUT2D eigenvalue weighted by molar-refractivity contribution is 5.83. The first kappa shape index (κ1) is 23.3. The number of unbranched alkanes of at least 4 members (excludes halogenated alkanes) is 1. The molecule has 0 aromatic rings. The first-order valence-corrected chi connectivity index (χ1v) is 9.96. The Labute approximate surface area is 162 Å². The summed E-state index contributed by atoms with van der Waals surface area (Å²) in [6.45, 7) is 6.09. The van der Waals surface area contributed by atoms with Crippen molar-refractivity contribution in [2.24, 2.45) is 17.8 Å². The number of allylic oxidation sites excluding steroid dienone is 5. The Morgan fingerprint density at radius 2 is 2.07 bits per heavy atom. The van der Waals surface area contributed by atoms with E-state index in [0.717, 1.165) is 19.3 Å². The predicted molar refractivity (Wildman–Crippen MR) is 106 cm³/mol. The van der Waals surface area contributed by atoms with Gasteiger partial charge in [-0.25, -0.2) is 4.79 Å². The summed E-state index contributed by atoms with van der Waals surface area (Å²) in [4.78, 5) is 22.8. The van der Waals surface area contributed by atoms with E-state index < -0.39 is 11.8 Å². The van der Waals surface area contributed by atoms with Crippen LogP contribution in [0.15, 0.2) is 37.0 Å². The fourth-order valence-electron chi connectivity index (χ4n) is 3.45. The molecule has 1 aliphatic rings. The van der Waals surface area contributed by atoms with Crippen molar-refractivity contribution in [2.75, 3.05) is 0 Å². The van der Waals surface area contributed by atoms with Crippen molar-refractivity contribution in [3.8, 4) is 0 Å². The van der Waals surface area contributed by atoms with Crippen LogP contribution in [0, 0.1) is 17.8 Å². The van der Waals surface area contributed by atoms with E-state index in [0.29, 0.717) is 18.8 Å². The third kappa shape index (κ3) is 8.22. The number of rotatable bonds is 13. The highest BCUT2D eigenvalue weighted by Gasteiger charge is 2.33. The lowest BCUT2D eigenvalue weighted by molar-refractivity contribution is -0.205. The summed E-state index contributed by atoms with van der Waals surface area (Å²) in [7, 11) is 0. The highest BCUT2D eigenvalue weighted by atomic mass is 16.5. The Balaban J connectivity index is 2.47. The number of hydrogen-bond donors (Lipinski definition) is 3. The number of ketones is 1. The van der Waals surface area contributed by atoms with Gasteiger partial charge in [0.2, 0.25) is 0 Å². The van der Waals surface area contributed by atoms with E-state index in [1.54, 1.807) is 6.08 Å². The molecule has 0 unspecified atom stereocenters. The molecule has 0 aromatic carbocycles. The molecule has 0 bridgehead atoms. The summed E-state index contributed by atoms with van der Waals surface area (Å²) in [5, 5.41) is 27.2. The van der Waals surface area contributed by atoms with Gasteiger partial charge in [0.1, 0.15) is 5.78 Å². The molecule has 1 rings (SSSR count). The van der Waals surface area contributed by atoms with Crippen molar-refractivity contribution in [1.29, 1.82) is 0 Å². The summed E-state index contributed by atoms with van der Waals surface area (Å²) < 4.78 is 0. The van der Waals surface area contributed by atoms with Gasteiger partial charge in [-0.3, -0.25) is 4.79 Å². The molecule has 3 N–H and O–H groups in total. The summed E-state index contributed by atoms with van der Waals surface area (Å²) in [5.74, 6) is -3.38. The molecule has 0 aliphatic heterocycles. The maximum atomic E-state index is 12.1. The van der Waals surface area contributed by atoms with Gasteiger partial charge in [-0.1, -0.05) is 50.1 Å². The van der Waals surface area contributed by atoms with Crippen LogP contribution in [0.4, 0.5) is 0 Å². The molecule has 27 heavy (non-hydrogen) atoms. The monoisotopic (exact) mass is 378 g/mol. The van der Waals surface area contributed by atoms with E-state index in [-0.39, 0.29) is 30.5 Å². The molecule has 1 aliphatic carbocycles. The van der Waals surface area contributed by atoms with Crippen molar-refractivity contribution >= 4 is 11.8 Å². The lowest BCUT2D eigenvalue weighted by Gasteiger charge is -2.15. The van der Waals surface area contributed by atoms with Crippen LogP contribution in [-0.4, -0.2) is 32.9 Å². The average molecular weight is 379 g/mol. The zero-order valence-corrected chi connectivity index (χ0v) is 16.3. The lowest BCUT2D eigenvalue weighted by Crippen LogP contribution is -2.37. The largest absolute Gasteiger partial charge is 0.477 e. The van der Waals surface area contributed by atoms with Crippen molar-refractivity contribution < 1.29 is 24.9 Å². The van der Waals surface area contributed by atoms with Crippen LogP contribution in [0.2, 0.25) is 0 Å². The number of carbonyl (C=O) groups is 2. The number of Topliss-reactive ketones (excluding diaryl/α,β-unsaturated/α-hetero) is 1. The van der Waals surface area contributed by atoms with Crippen molar-refractivity contribution in [1.82, 2.24) is 0 Å². The van der Waals surface area contributed by atoms with Gasteiger partial charge >= 0.3 is 5.97 Å². The predicted octanol–water partition coefficient (Wildman–Crippen LogP) is 4.01. The zero-order valence-electron chi connectivity index (χ0n) is 16.3. The van der Waals surface area contributed by atoms with Gasteiger partial charge < -0.3 is 15.3 Å². The molecule has 0 aromatic heterocycles. The smallest absolute Gasteiger partial charge is 0.364 e. The van der Waals surface area contributed by atoms with Crippen LogP contribution in [0.25, 0.3) is 0 Å². The maximum absolute atomic E-state index is 12.1. The second-order valence-corrected chi connectivity index (χ2v) is 7.44. The third-order valence-corrected chi connectivity index (χ3v) is 5.30. The minimum Gasteiger partial charge on any atom is -0.477 e. The maximum Gasteiger partial charge on any atom is 0.364 e. The molecule has 5 heteroatoms. The van der Waals surface area contributed by atoms with E-state index in [4.69, 9.17) is 5.11 Å². The van der Waals surface area contributed by atoms with Crippen LogP contribution >= 0.6 is 0 Å². The van der Waals surface area contributed by atoms with E-state index in [2.05, 4.69) is 25.7 Å². The first-order valence-electron chi connectivity index (χ1n) is 9.96. The number of hydrogen-bond acceptors (Lipinski definition) is 4. The summed E-state index contributed by atoms with van der Waals surface area (Å²) in [6.07, 6.45) is 16.4. The van der Waals surface area contributed by atoms with Gasteiger partial charge in [-0.2, -0.15) is 0 Å². The molecular weight excluding hydrogens is 344 g/mol. The zero-order chi connectivity index (χ0) is 20.3. The quantitative estimate of drug-likeness (QED) is 0.332. The van der Waals surface area contributed by atoms with Crippen molar-refractivity contribution in [2.45, 2.75) is 70.5 Å². The van der Waals surface area contributed by atoms with Crippen LogP contribution in [-0.2, 0) is 9.59 Å². The van der Waals surface area contributed by atoms with Gasteiger partial charge in [0.05, 0.1) is 0 Å². The van der Waals surface area contributed by atoms with Crippen molar-refractivity contribution in [3.05, 3.63) is 37.0 Å². The minimum absolute atomic E-state index is 0.0391. The number of carboxylic acids is 1. The molecular formula is C22H34O5. The number of carbonyl (C=O) groups excluding carboxylic acids is 1. The Hall–Kier alpha value is -1.72. The molecule has 1 saturated carbocycles. The highest BCUT2D eigenvalue weighted by Crippen LogP contribution is 2.33. The van der Waals surface area contributed by atoms with Gasteiger partial charge in [0.25, 0.3) is 5.79 Å². The van der Waals surface area contributed by atoms with E-state index >= 15 is 0 Å². The Morgan fingerprint density at radius 1 is 1.33 bits per heavy atom. The van der Waals surface area contributed by atoms with Crippen LogP contribution in [0.3, 0.4) is 0 Å². The molecule has 0 radical (unpaired) electrons. The van der Waals surface area contributed by atoms with Gasteiger partial charge in [0, 0.05) is 18.8 Å². The SMILES string of the molecule is C=C[C@@H](C/C=C/[C@H]1CCC(=O)[C@@H]1C/C=C\CCC(O)(O)C(=O)O)CCCC. The third-order valence-electron chi connectivity index (χ3n) is 5.30. The number of carboxylic acid groups (broad SMARTS) is 1. The van der Waals surface area contributed by atoms with Crippen molar-refractivity contribution in [3.63, 3.8) is 0 Å². The van der Waals surface area contributed by atoms with Gasteiger partial charge in [0.15, 0.2) is 0 Å². The second kappa shape index (κ2) is 11.9. The lowest BCUT2D eigenvalue weighted by atomic mass is 9.90. The fraction of sp³-hybridized carbons (Fsp3) is 0.636. The molecule has 3 atom stereocenters. The standard InChI is InChI=1S/C22H34O5/c1-3-5-10-17(4-2)11-9-12-18-14-15-20(23)19(18)13-7-6-8-16-22(26,27)21(24)25/h4,6-7,9,12,17-19,26-27H,2-3,5,8,10-11,13-16H2,1H3,(H,24,25)/b7-6-,12-9+/t17-,18+,19-/m1/s1. The summed E-state index contributed by atoms with van der Waals surface area (Å²) in [6, 6.07) is 0. The number of aliphatic hydroxyl groups is 2. The van der Waals surface area contributed by atoms with Crippen LogP contribution < -0.4 is 0 Å². The van der Waals surface area contributed by atoms with E-state index in [1.807, 2.05) is 12.2 Å². The number of aliphatic carboxylic acids is 1. The molecule has 152 valence electrons. The van der Waals surface area contributed by atoms with E-state index in [9.17, 15) is 19.8 Å². The summed E-state index contributed by atoms with van der Waals surface area (Å²) >= 11 is 0. The second-order valence-electron chi connectivity index (χ2n) is 7.44. The normalized spacial score (nSPS) is 22.0. The van der Waals surface area contributed by atoms with Gasteiger partial charge in [-0.05, 0) is 43.9 Å². The average Bonchev–Trinajstić information content (AvgIpc) is 2.97. The Kier molecular flexibility index (Phi) is 10.3. The topological polar surface area (TPSA) is 94.8 Å². The fourth-order valence-corrected chi connectivity index (χ4v) is 3.45. The molecule has 5 nitrogen and oxygen atoms in total. The van der Waals surface area contributed by atoms with Crippen LogP contribution in [0.5, 0.6) is 0 Å². The summed E-state index contributed by atoms with van der Waals surface area (Å²) in [5.41, 5.74) is 0. The molecule has 0 heterocycles. The Bertz CT molecular complexity index is 547. The molecule has 0 spiro atoms. The van der Waals surface area contributed by atoms with Crippen LogP contribution in [0.1, 0.15) is 64.7 Å². The van der Waals surface area contributed by atoms with E-state index in [1.165, 1.54) is 12.8 Å². The minimum atomic E-state index is -2.70. The molecule has 1 fully saturated rings. The molecule has 0 saturated heterocycles. The first-order chi connectivity index (χ1) is 12.8.